The third-order valence-electron chi connectivity index (χ3n) is 6.93. The number of carbonyl (C=O) groups is 2. The number of pyridine rings is 1. The molecule has 4 rings (SSSR count). The molecule has 10 nitrogen and oxygen atoms in total. The Morgan fingerprint density at radius 3 is 2.64 bits per heavy atom. The van der Waals surface area contributed by atoms with E-state index < -0.39 is 17.7 Å². The monoisotopic (exact) mass is 535 g/mol. The smallest absolute Gasteiger partial charge is 0.255 e. The molecule has 206 valence electrons. The van der Waals surface area contributed by atoms with Crippen LogP contribution >= 0.6 is 0 Å². The van der Waals surface area contributed by atoms with Crippen molar-refractivity contribution in [2.24, 2.45) is 11.8 Å². The molecule has 3 aromatic heterocycles. The highest BCUT2D eigenvalue weighted by Crippen LogP contribution is 2.32. The van der Waals surface area contributed by atoms with Gasteiger partial charge < -0.3 is 21.1 Å². The third kappa shape index (κ3) is 6.52. The van der Waals surface area contributed by atoms with Gasteiger partial charge in [-0.2, -0.15) is 10.4 Å². The van der Waals surface area contributed by atoms with E-state index in [0.717, 1.165) is 18.4 Å². The SMILES string of the molecule is CC(C)C(=O)NCC1CC(Nc2cc(-c3ccc4cc(C#N)cnn34)ncc2C(=O)NCC(F)C(C)(C)O)C1. The summed E-state index contributed by atoms with van der Waals surface area (Å²) < 4.78 is 15.9. The van der Waals surface area contributed by atoms with Crippen molar-refractivity contribution in [1.29, 1.82) is 5.26 Å². The number of halogens is 1. The molecule has 0 saturated heterocycles. The number of nitrogens with one attached hydrogen (secondary N) is 3. The molecule has 1 fully saturated rings. The maximum Gasteiger partial charge on any atom is 0.255 e. The van der Waals surface area contributed by atoms with Crippen molar-refractivity contribution in [2.45, 2.75) is 58.4 Å². The molecule has 0 bridgehead atoms. The Morgan fingerprint density at radius 1 is 1.23 bits per heavy atom. The largest absolute Gasteiger partial charge is 0.387 e. The topological polar surface area (TPSA) is 144 Å². The van der Waals surface area contributed by atoms with Crippen molar-refractivity contribution in [3.63, 3.8) is 0 Å². The van der Waals surface area contributed by atoms with Gasteiger partial charge in [0.1, 0.15) is 12.2 Å². The molecule has 3 heterocycles. The van der Waals surface area contributed by atoms with Gasteiger partial charge in [-0.1, -0.05) is 13.8 Å². The van der Waals surface area contributed by atoms with Crippen LogP contribution < -0.4 is 16.0 Å². The fraction of sp³-hybridized carbons (Fsp3) is 0.464. The van der Waals surface area contributed by atoms with Gasteiger partial charge in [0.15, 0.2) is 0 Å². The Bertz CT molecular complexity index is 1400. The number of anilines is 1. The molecule has 0 radical (unpaired) electrons. The van der Waals surface area contributed by atoms with Gasteiger partial charge in [0.25, 0.3) is 5.91 Å². The lowest BCUT2D eigenvalue weighted by molar-refractivity contribution is -0.124. The zero-order valence-electron chi connectivity index (χ0n) is 22.5. The number of rotatable bonds is 10. The van der Waals surface area contributed by atoms with Crippen LogP contribution in [-0.2, 0) is 4.79 Å². The molecule has 1 aliphatic carbocycles. The van der Waals surface area contributed by atoms with E-state index in [0.29, 0.717) is 35.1 Å². The van der Waals surface area contributed by atoms with Crippen molar-refractivity contribution >= 4 is 23.0 Å². The van der Waals surface area contributed by atoms with Gasteiger partial charge in [-0.25, -0.2) is 8.91 Å². The second-order valence-corrected chi connectivity index (χ2v) is 10.9. The van der Waals surface area contributed by atoms with E-state index in [4.69, 9.17) is 5.26 Å². The second kappa shape index (κ2) is 11.4. The van der Waals surface area contributed by atoms with Crippen LogP contribution in [0.25, 0.3) is 16.9 Å². The first kappa shape index (κ1) is 28.0. The molecular weight excluding hydrogens is 501 g/mol. The lowest BCUT2D eigenvalue weighted by Gasteiger charge is -2.37. The molecule has 0 spiro atoms. The number of fused-ring (bicyclic) bond motifs is 1. The van der Waals surface area contributed by atoms with Crippen LogP contribution in [0.3, 0.4) is 0 Å². The molecule has 1 unspecified atom stereocenters. The zero-order valence-corrected chi connectivity index (χ0v) is 22.5. The van der Waals surface area contributed by atoms with Gasteiger partial charge >= 0.3 is 0 Å². The van der Waals surface area contributed by atoms with Gasteiger partial charge in [-0.3, -0.25) is 14.6 Å². The molecule has 0 aromatic carbocycles. The number of aromatic nitrogens is 3. The molecule has 1 aliphatic rings. The average Bonchev–Trinajstić information content (AvgIpc) is 3.30. The summed E-state index contributed by atoms with van der Waals surface area (Å²) in [4.78, 5) is 29.4. The summed E-state index contributed by atoms with van der Waals surface area (Å²) in [6.07, 6.45) is 2.89. The van der Waals surface area contributed by atoms with Crippen LogP contribution in [0.5, 0.6) is 0 Å². The van der Waals surface area contributed by atoms with Gasteiger partial charge in [0.05, 0.1) is 52.1 Å². The quantitative estimate of drug-likeness (QED) is 0.312. The minimum absolute atomic E-state index is 0.0243. The first-order valence-corrected chi connectivity index (χ1v) is 13.0. The Hall–Kier alpha value is -4.04. The number of hydrogen-bond donors (Lipinski definition) is 4. The lowest BCUT2D eigenvalue weighted by atomic mass is 9.80. The van der Waals surface area contributed by atoms with E-state index in [1.54, 1.807) is 16.6 Å². The minimum Gasteiger partial charge on any atom is -0.387 e. The predicted molar refractivity (Wildman–Crippen MR) is 145 cm³/mol. The minimum atomic E-state index is -1.64. The van der Waals surface area contributed by atoms with Crippen molar-refractivity contribution in [2.75, 3.05) is 18.4 Å². The van der Waals surface area contributed by atoms with E-state index in [9.17, 15) is 19.1 Å². The molecule has 3 aromatic rings. The van der Waals surface area contributed by atoms with Crippen LogP contribution in [0.2, 0.25) is 0 Å². The summed E-state index contributed by atoms with van der Waals surface area (Å²) in [5.41, 5.74) is 1.61. The summed E-state index contributed by atoms with van der Waals surface area (Å²) in [5, 5.41) is 32.3. The van der Waals surface area contributed by atoms with Gasteiger partial charge in [0.2, 0.25) is 5.91 Å². The fourth-order valence-corrected chi connectivity index (χ4v) is 4.37. The van der Waals surface area contributed by atoms with Crippen LogP contribution in [0, 0.1) is 23.2 Å². The van der Waals surface area contributed by atoms with Crippen molar-refractivity contribution in [3.8, 4) is 17.5 Å². The van der Waals surface area contributed by atoms with E-state index in [2.05, 4.69) is 32.1 Å². The standard InChI is InChI=1S/C28H34FN7O3/c1-16(2)26(37)32-12-17-7-19(8-17)35-22-10-23(24-6-5-20-9-18(11-30)13-34-36(20)24)31-14-21(22)27(38)33-15-25(29)28(3,4)39/h5-6,9-10,13-14,16-17,19,25,39H,7-8,12,15H2,1-4H3,(H,31,35)(H,32,37)(H,33,38). The van der Waals surface area contributed by atoms with Crippen molar-refractivity contribution in [3.05, 3.63) is 47.8 Å². The number of nitriles is 1. The summed E-state index contributed by atoms with van der Waals surface area (Å²) in [6.45, 7) is 6.66. The number of amides is 2. The molecule has 11 heteroatoms. The first-order chi connectivity index (χ1) is 18.5. The van der Waals surface area contributed by atoms with Crippen LogP contribution in [0.1, 0.15) is 56.5 Å². The van der Waals surface area contributed by atoms with Gasteiger partial charge in [-0.05, 0) is 56.9 Å². The number of hydrogen-bond acceptors (Lipinski definition) is 7. The molecule has 1 saturated carbocycles. The van der Waals surface area contributed by atoms with Crippen LogP contribution in [0.4, 0.5) is 10.1 Å². The second-order valence-electron chi connectivity index (χ2n) is 10.9. The highest BCUT2D eigenvalue weighted by Gasteiger charge is 2.31. The number of carbonyl (C=O) groups excluding carboxylic acids is 2. The molecule has 2 amide bonds. The fourth-order valence-electron chi connectivity index (χ4n) is 4.37. The van der Waals surface area contributed by atoms with E-state index in [1.165, 1.54) is 26.2 Å². The normalized spacial score (nSPS) is 17.8. The molecule has 0 aliphatic heterocycles. The van der Waals surface area contributed by atoms with E-state index in [-0.39, 0.29) is 30.0 Å². The summed E-state index contributed by atoms with van der Waals surface area (Å²) >= 11 is 0. The Balaban J connectivity index is 1.55. The van der Waals surface area contributed by atoms with E-state index >= 15 is 0 Å². The van der Waals surface area contributed by atoms with Crippen LogP contribution in [0.15, 0.2) is 36.7 Å². The predicted octanol–water partition coefficient (Wildman–Crippen LogP) is 3.07. The van der Waals surface area contributed by atoms with Crippen molar-refractivity contribution < 1.29 is 19.1 Å². The third-order valence-corrected chi connectivity index (χ3v) is 6.93. The number of alkyl halides is 1. The molecular formula is C28H34FN7O3. The summed E-state index contributed by atoms with van der Waals surface area (Å²) in [6, 6.07) is 9.30. The molecule has 1 atom stereocenters. The first-order valence-electron chi connectivity index (χ1n) is 13.0. The average molecular weight is 536 g/mol. The lowest BCUT2D eigenvalue weighted by Crippen LogP contribution is -2.43. The number of nitrogens with zero attached hydrogens (tertiary/aromatic N) is 4. The number of aliphatic hydroxyl groups is 1. The Morgan fingerprint density at radius 2 is 1.97 bits per heavy atom. The maximum atomic E-state index is 14.3. The van der Waals surface area contributed by atoms with Crippen LogP contribution in [-0.4, -0.2) is 62.4 Å². The van der Waals surface area contributed by atoms with Crippen molar-refractivity contribution in [1.82, 2.24) is 25.2 Å². The molecule has 4 N–H and O–H groups in total. The Kier molecular flexibility index (Phi) is 8.16. The highest BCUT2D eigenvalue weighted by molar-refractivity contribution is 6.00. The maximum absolute atomic E-state index is 14.3. The highest BCUT2D eigenvalue weighted by atomic mass is 19.1. The summed E-state index contributed by atoms with van der Waals surface area (Å²) in [5.74, 6) is -0.227. The molecule has 39 heavy (non-hydrogen) atoms. The zero-order chi connectivity index (χ0) is 28.3. The van der Waals surface area contributed by atoms with E-state index in [1.807, 2.05) is 26.0 Å². The van der Waals surface area contributed by atoms with Gasteiger partial charge in [0, 0.05) is 24.7 Å². The Labute approximate surface area is 226 Å². The summed E-state index contributed by atoms with van der Waals surface area (Å²) in [7, 11) is 0. The van der Waals surface area contributed by atoms with Gasteiger partial charge in [-0.15, -0.1) is 0 Å².